The zero-order valence-corrected chi connectivity index (χ0v) is 13.3. The maximum atomic E-state index is 11.6. The van der Waals surface area contributed by atoms with Crippen LogP contribution in [-0.4, -0.2) is 36.4 Å². The van der Waals surface area contributed by atoms with Crippen molar-refractivity contribution in [2.24, 2.45) is 11.7 Å². The van der Waals surface area contributed by atoms with Crippen molar-refractivity contribution < 1.29 is 9.53 Å². The van der Waals surface area contributed by atoms with Crippen molar-refractivity contribution in [2.45, 2.75) is 39.8 Å². The van der Waals surface area contributed by atoms with Crippen molar-refractivity contribution in [1.82, 2.24) is 4.90 Å². The van der Waals surface area contributed by atoms with E-state index in [2.05, 4.69) is 11.8 Å². The minimum Gasteiger partial charge on any atom is -0.494 e. The van der Waals surface area contributed by atoms with Gasteiger partial charge >= 0.3 is 0 Å². The number of ketones is 1. The molecule has 0 spiro atoms. The number of benzene rings is 1. The van der Waals surface area contributed by atoms with Gasteiger partial charge in [-0.2, -0.15) is 0 Å². The van der Waals surface area contributed by atoms with E-state index in [0.29, 0.717) is 12.5 Å². The average Bonchev–Trinajstić information content (AvgIpc) is 2.39. The molecule has 2 rings (SSSR count). The van der Waals surface area contributed by atoms with Crippen LogP contribution in [0.25, 0.3) is 0 Å². The van der Waals surface area contributed by atoms with Gasteiger partial charge in [-0.05, 0) is 44.4 Å². The van der Waals surface area contributed by atoms with Crippen LogP contribution < -0.4 is 10.5 Å². The Morgan fingerprint density at radius 3 is 2.81 bits per heavy atom. The fraction of sp³-hybridized carbons (Fsp3) is 0.588. The van der Waals surface area contributed by atoms with Crippen LogP contribution in [-0.2, 0) is 6.54 Å². The Hall–Kier alpha value is -1.39. The number of nitrogens with two attached hydrogens (primary N) is 1. The van der Waals surface area contributed by atoms with Gasteiger partial charge in [-0.25, -0.2) is 0 Å². The van der Waals surface area contributed by atoms with Crippen molar-refractivity contribution in [3.05, 3.63) is 29.3 Å². The summed E-state index contributed by atoms with van der Waals surface area (Å²) in [6, 6.07) is 5.93. The molecule has 4 nitrogen and oxygen atoms in total. The van der Waals surface area contributed by atoms with Gasteiger partial charge in [0, 0.05) is 36.8 Å². The third-order valence-electron chi connectivity index (χ3n) is 3.93. The highest BCUT2D eigenvalue weighted by molar-refractivity contribution is 5.94. The number of Topliss-reactive ketones (excluding diaryl/α,β-unsaturated/α-hetero) is 1. The molecule has 2 unspecified atom stereocenters. The number of rotatable bonds is 5. The Morgan fingerprint density at radius 1 is 1.43 bits per heavy atom. The number of carbonyl (C=O) groups is 1. The van der Waals surface area contributed by atoms with Crippen LogP contribution in [0.1, 0.15) is 43.1 Å². The molecule has 4 heteroatoms. The molecule has 0 aromatic heterocycles. The van der Waals surface area contributed by atoms with Gasteiger partial charge in [0.2, 0.25) is 0 Å². The first-order valence-electron chi connectivity index (χ1n) is 7.74. The van der Waals surface area contributed by atoms with Crippen molar-refractivity contribution in [3.8, 4) is 5.75 Å². The van der Waals surface area contributed by atoms with E-state index in [-0.39, 0.29) is 11.8 Å². The molecular formula is C17H26N2O2. The van der Waals surface area contributed by atoms with Crippen LogP contribution >= 0.6 is 0 Å². The molecule has 0 aliphatic carbocycles. The Kier molecular flexibility index (Phi) is 5.37. The van der Waals surface area contributed by atoms with Crippen molar-refractivity contribution >= 4 is 5.78 Å². The number of hydrogen-bond donors (Lipinski definition) is 1. The highest BCUT2D eigenvalue weighted by Gasteiger charge is 2.23. The number of piperidine rings is 1. The van der Waals surface area contributed by atoms with Gasteiger partial charge in [-0.1, -0.05) is 6.92 Å². The number of likely N-dealkylation sites (tertiary alicyclic amines) is 1. The minimum absolute atomic E-state index is 0.0861. The van der Waals surface area contributed by atoms with Gasteiger partial charge in [-0.15, -0.1) is 0 Å². The molecule has 1 aromatic carbocycles. The van der Waals surface area contributed by atoms with E-state index in [0.717, 1.165) is 42.9 Å². The summed E-state index contributed by atoms with van der Waals surface area (Å²) in [7, 11) is 0. The van der Waals surface area contributed by atoms with Gasteiger partial charge in [-0.3, -0.25) is 9.69 Å². The second-order valence-corrected chi connectivity index (χ2v) is 6.11. The van der Waals surface area contributed by atoms with E-state index in [9.17, 15) is 4.79 Å². The van der Waals surface area contributed by atoms with Gasteiger partial charge in [0.1, 0.15) is 5.75 Å². The summed E-state index contributed by atoms with van der Waals surface area (Å²) in [6.45, 7) is 9.17. The molecule has 1 aromatic rings. The zero-order valence-electron chi connectivity index (χ0n) is 13.3. The fourth-order valence-electron chi connectivity index (χ4n) is 3.10. The van der Waals surface area contributed by atoms with Gasteiger partial charge in [0.25, 0.3) is 0 Å². The first kappa shape index (κ1) is 16.0. The van der Waals surface area contributed by atoms with Crippen LogP contribution in [0, 0.1) is 5.92 Å². The fourth-order valence-corrected chi connectivity index (χ4v) is 3.10. The summed E-state index contributed by atoms with van der Waals surface area (Å²) < 4.78 is 5.70. The van der Waals surface area contributed by atoms with Crippen molar-refractivity contribution in [1.29, 1.82) is 0 Å². The summed E-state index contributed by atoms with van der Waals surface area (Å²) in [5.74, 6) is 1.57. The number of ether oxygens (including phenoxy) is 1. The lowest BCUT2D eigenvalue weighted by atomic mass is 9.96. The van der Waals surface area contributed by atoms with Crippen LogP contribution in [0.15, 0.2) is 18.2 Å². The van der Waals surface area contributed by atoms with Gasteiger partial charge in [0.15, 0.2) is 5.78 Å². The van der Waals surface area contributed by atoms with Crippen LogP contribution in [0.3, 0.4) is 0 Å². The Bertz CT molecular complexity index is 492. The maximum absolute atomic E-state index is 11.6. The average molecular weight is 290 g/mol. The van der Waals surface area contributed by atoms with E-state index >= 15 is 0 Å². The lowest BCUT2D eigenvalue weighted by Crippen LogP contribution is -2.45. The SMILES string of the molecule is CCOc1ccc(C(C)=O)cc1CN1CC(C)CC(N)C1. The molecule has 0 amide bonds. The summed E-state index contributed by atoms with van der Waals surface area (Å²) in [5.41, 5.74) is 7.93. The third kappa shape index (κ3) is 4.29. The van der Waals surface area contributed by atoms with Crippen molar-refractivity contribution in [3.63, 3.8) is 0 Å². The van der Waals surface area contributed by atoms with Crippen LogP contribution in [0.2, 0.25) is 0 Å². The first-order valence-corrected chi connectivity index (χ1v) is 7.74. The van der Waals surface area contributed by atoms with Crippen LogP contribution in [0.5, 0.6) is 5.75 Å². The summed E-state index contributed by atoms with van der Waals surface area (Å²) in [4.78, 5) is 14.0. The van der Waals surface area contributed by atoms with E-state index in [4.69, 9.17) is 10.5 Å². The Morgan fingerprint density at radius 2 is 2.19 bits per heavy atom. The second-order valence-electron chi connectivity index (χ2n) is 6.11. The summed E-state index contributed by atoms with van der Waals surface area (Å²) in [6.07, 6.45) is 1.09. The van der Waals surface area contributed by atoms with Gasteiger partial charge < -0.3 is 10.5 Å². The molecule has 0 saturated carbocycles. The van der Waals surface area contributed by atoms with E-state index in [1.54, 1.807) is 6.92 Å². The standard InChI is InChI=1S/C17H26N2O2/c1-4-21-17-6-5-14(13(3)20)8-15(17)10-19-9-12(2)7-16(18)11-19/h5-6,8,12,16H,4,7,9-11,18H2,1-3H3. The molecule has 1 saturated heterocycles. The Labute approximate surface area is 127 Å². The largest absolute Gasteiger partial charge is 0.494 e. The monoisotopic (exact) mass is 290 g/mol. The first-order chi connectivity index (χ1) is 9.99. The zero-order chi connectivity index (χ0) is 15.4. The quantitative estimate of drug-likeness (QED) is 0.846. The molecule has 0 radical (unpaired) electrons. The van der Waals surface area contributed by atoms with Crippen LogP contribution in [0.4, 0.5) is 0 Å². The molecule has 2 atom stereocenters. The number of nitrogens with zero attached hydrogens (tertiary/aromatic N) is 1. The molecular weight excluding hydrogens is 264 g/mol. The Balaban J connectivity index is 2.19. The number of carbonyl (C=O) groups excluding carboxylic acids is 1. The van der Waals surface area contributed by atoms with E-state index in [1.807, 2.05) is 25.1 Å². The topological polar surface area (TPSA) is 55.6 Å². The summed E-state index contributed by atoms with van der Waals surface area (Å²) >= 11 is 0. The molecule has 21 heavy (non-hydrogen) atoms. The van der Waals surface area contributed by atoms with E-state index < -0.39 is 0 Å². The molecule has 2 N–H and O–H groups in total. The second kappa shape index (κ2) is 7.05. The minimum atomic E-state index is 0.0861. The third-order valence-corrected chi connectivity index (χ3v) is 3.93. The number of hydrogen-bond acceptors (Lipinski definition) is 4. The predicted octanol–water partition coefficient (Wildman–Crippen LogP) is 2.46. The van der Waals surface area contributed by atoms with E-state index in [1.165, 1.54) is 0 Å². The lowest BCUT2D eigenvalue weighted by molar-refractivity contribution is 0.101. The smallest absolute Gasteiger partial charge is 0.159 e. The summed E-state index contributed by atoms with van der Waals surface area (Å²) in [5, 5.41) is 0. The highest BCUT2D eigenvalue weighted by Crippen LogP contribution is 2.25. The molecule has 116 valence electrons. The molecule has 1 aliphatic rings. The predicted molar refractivity (Wildman–Crippen MR) is 84.6 cm³/mol. The molecule has 1 heterocycles. The normalized spacial score (nSPS) is 23.0. The molecule has 1 aliphatic heterocycles. The molecule has 1 fully saturated rings. The highest BCUT2D eigenvalue weighted by atomic mass is 16.5. The maximum Gasteiger partial charge on any atom is 0.159 e. The van der Waals surface area contributed by atoms with Crippen molar-refractivity contribution in [2.75, 3.05) is 19.7 Å². The lowest BCUT2D eigenvalue weighted by Gasteiger charge is -2.35. The van der Waals surface area contributed by atoms with Gasteiger partial charge in [0.05, 0.1) is 6.61 Å². The molecule has 0 bridgehead atoms.